The molecule has 0 unspecified atom stereocenters. The van der Waals surface area contributed by atoms with Crippen LogP contribution in [0.25, 0.3) is 0 Å². The molecule has 0 bridgehead atoms. The molecule has 0 fully saturated rings. The summed E-state index contributed by atoms with van der Waals surface area (Å²) in [5.74, 6) is 0.641. The third-order valence-electron chi connectivity index (χ3n) is 4.01. The first-order chi connectivity index (χ1) is 12.8. The number of hydrogen-bond donors (Lipinski definition) is 2. The van der Waals surface area contributed by atoms with E-state index in [0.717, 1.165) is 29.6 Å². The number of amides is 1. The molecule has 26 heavy (non-hydrogen) atoms. The monoisotopic (exact) mass is 347 g/mol. The van der Waals surface area contributed by atoms with Crippen LogP contribution in [0.2, 0.25) is 0 Å². The number of rotatable bonds is 8. The molecule has 3 aromatic rings. The molecule has 0 saturated carbocycles. The van der Waals surface area contributed by atoms with Crippen LogP contribution in [0.3, 0.4) is 0 Å². The lowest BCUT2D eigenvalue weighted by molar-refractivity contribution is -0.106. The first-order valence-corrected chi connectivity index (χ1v) is 8.43. The second-order valence-corrected chi connectivity index (χ2v) is 5.76. The number of nitrogens with two attached hydrogens (primary N) is 1. The zero-order chi connectivity index (χ0) is 18.2. The predicted molar refractivity (Wildman–Crippen MR) is 103 cm³/mol. The van der Waals surface area contributed by atoms with Crippen LogP contribution in [-0.2, 0) is 17.8 Å². The lowest BCUT2D eigenvalue weighted by atomic mass is 10.1. The molecule has 0 radical (unpaired) electrons. The Morgan fingerprint density at radius 3 is 2.46 bits per heavy atom. The summed E-state index contributed by atoms with van der Waals surface area (Å²) in [5, 5.41) is 3.29. The van der Waals surface area contributed by atoms with E-state index in [1.165, 1.54) is 0 Å². The van der Waals surface area contributed by atoms with E-state index in [9.17, 15) is 4.79 Å². The molecule has 0 saturated heterocycles. The van der Waals surface area contributed by atoms with Gasteiger partial charge in [0.05, 0.1) is 5.69 Å². The van der Waals surface area contributed by atoms with Crippen molar-refractivity contribution >= 4 is 23.6 Å². The number of aromatic nitrogens is 2. The van der Waals surface area contributed by atoms with Crippen LogP contribution >= 0.6 is 0 Å². The molecule has 0 aliphatic carbocycles. The molecule has 2 heterocycles. The molecular formula is C20H21N5O. The molecular weight excluding hydrogens is 326 g/mol. The molecule has 6 nitrogen and oxygen atoms in total. The van der Waals surface area contributed by atoms with E-state index < -0.39 is 0 Å². The summed E-state index contributed by atoms with van der Waals surface area (Å²) in [6, 6.07) is 15.3. The van der Waals surface area contributed by atoms with Gasteiger partial charge in [-0.2, -0.15) is 0 Å². The molecule has 0 aliphatic heterocycles. The number of nitrogens with zero attached hydrogens (tertiary/aromatic N) is 3. The third-order valence-corrected chi connectivity index (χ3v) is 4.01. The molecule has 0 atom stereocenters. The smallest absolute Gasteiger partial charge is 0.218 e. The van der Waals surface area contributed by atoms with E-state index in [2.05, 4.69) is 15.3 Å². The average Bonchev–Trinajstić information content (AvgIpc) is 2.70. The van der Waals surface area contributed by atoms with Gasteiger partial charge >= 0.3 is 0 Å². The maximum absolute atomic E-state index is 11.8. The fraction of sp³-hybridized carbons (Fsp3) is 0.150. The second-order valence-electron chi connectivity index (χ2n) is 5.76. The lowest BCUT2D eigenvalue weighted by Crippen LogP contribution is -2.17. The normalized spacial score (nSPS) is 10.3. The first kappa shape index (κ1) is 17.6. The van der Waals surface area contributed by atoms with Crippen molar-refractivity contribution in [3.63, 3.8) is 0 Å². The highest BCUT2D eigenvalue weighted by atomic mass is 16.1. The molecule has 6 heteroatoms. The van der Waals surface area contributed by atoms with Crippen molar-refractivity contribution in [2.45, 2.75) is 13.0 Å². The van der Waals surface area contributed by atoms with Gasteiger partial charge in [0.15, 0.2) is 5.82 Å². The Labute approximate surface area is 152 Å². The third kappa shape index (κ3) is 4.23. The number of pyridine rings is 2. The minimum Gasteiger partial charge on any atom is -0.364 e. The number of carbonyl (C=O) groups is 1. The quantitative estimate of drug-likeness (QED) is 0.612. The van der Waals surface area contributed by atoms with Gasteiger partial charge in [-0.05, 0) is 60.5 Å². The minimum atomic E-state index is 0.592. The van der Waals surface area contributed by atoms with Crippen LogP contribution in [-0.4, -0.2) is 22.9 Å². The SMILES string of the molecule is NCCc1ccc(N(C=O)c2cccnc2NCc2ccncc2)cc1. The zero-order valence-corrected chi connectivity index (χ0v) is 14.4. The van der Waals surface area contributed by atoms with Crippen molar-refractivity contribution in [1.82, 2.24) is 9.97 Å². The number of nitrogens with one attached hydrogen (secondary N) is 1. The van der Waals surface area contributed by atoms with Crippen LogP contribution in [0.15, 0.2) is 67.1 Å². The molecule has 2 aromatic heterocycles. The Hall–Kier alpha value is -3.25. The zero-order valence-electron chi connectivity index (χ0n) is 14.4. The Morgan fingerprint density at radius 2 is 1.77 bits per heavy atom. The molecule has 3 N–H and O–H groups in total. The second kappa shape index (κ2) is 8.73. The lowest BCUT2D eigenvalue weighted by Gasteiger charge is -2.21. The van der Waals surface area contributed by atoms with E-state index in [-0.39, 0.29) is 0 Å². The topological polar surface area (TPSA) is 84.1 Å². The highest BCUT2D eigenvalue weighted by Crippen LogP contribution is 2.29. The standard InChI is InChI=1S/C20H21N5O/c21-10-7-16-3-5-18(6-4-16)25(15-26)19-2-1-11-23-20(19)24-14-17-8-12-22-13-9-17/h1-6,8-9,11-13,15H,7,10,14,21H2,(H,23,24). The van der Waals surface area contributed by atoms with E-state index in [1.807, 2.05) is 48.5 Å². The van der Waals surface area contributed by atoms with E-state index in [1.54, 1.807) is 23.5 Å². The Morgan fingerprint density at radius 1 is 1.00 bits per heavy atom. The molecule has 1 amide bonds. The van der Waals surface area contributed by atoms with Crippen LogP contribution in [0.1, 0.15) is 11.1 Å². The Kier molecular flexibility index (Phi) is 5.90. The van der Waals surface area contributed by atoms with Crippen LogP contribution in [0.4, 0.5) is 17.2 Å². The first-order valence-electron chi connectivity index (χ1n) is 8.43. The largest absolute Gasteiger partial charge is 0.364 e. The van der Waals surface area contributed by atoms with Crippen molar-refractivity contribution in [3.8, 4) is 0 Å². The molecule has 132 valence electrons. The predicted octanol–water partition coefficient (Wildman–Crippen LogP) is 2.88. The van der Waals surface area contributed by atoms with E-state index in [0.29, 0.717) is 24.6 Å². The van der Waals surface area contributed by atoms with Gasteiger partial charge < -0.3 is 11.1 Å². The number of anilines is 3. The highest BCUT2D eigenvalue weighted by Gasteiger charge is 2.13. The van der Waals surface area contributed by atoms with Gasteiger partial charge in [0.1, 0.15) is 0 Å². The van der Waals surface area contributed by atoms with Gasteiger partial charge in [0.2, 0.25) is 6.41 Å². The summed E-state index contributed by atoms with van der Waals surface area (Å²) in [6.07, 6.45) is 6.80. The Balaban J connectivity index is 1.83. The number of benzene rings is 1. The summed E-state index contributed by atoms with van der Waals surface area (Å²) in [6.45, 7) is 1.19. The summed E-state index contributed by atoms with van der Waals surface area (Å²) >= 11 is 0. The summed E-state index contributed by atoms with van der Waals surface area (Å²) in [7, 11) is 0. The molecule has 1 aromatic carbocycles. The highest BCUT2D eigenvalue weighted by molar-refractivity contribution is 5.90. The van der Waals surface area contributed by atoms with Gasteiger partial charge in [-0.3, -0.25) is 14.7 Å². The maximum atomic E-state index is 11.8. The average molecular weight is 347 g/mol. The fourth-order valence-corrected chi connectivity index (χ4v) is 2.66. The summed E-state index contributed by atoms with van der Waals surface area (Å²) < 4.78 is 0. The molecule has 0 spiro atoms. The number of carbonyl (C=O) groups excluding carboxylic acids is 1. The maximum Gasteiger partial charge on any atom is 0.218 e. The minimum absolute atomic E-state index is 0.592. The summed E-state index contributed by atoms with van der Waals surface area (Å²) in [4.78, 5) is 21.8. The van der Waals surface area contributed by atoms with Gasteiger partial charge in [0.25, 0.3) is 0 Å². The van der Waals surface area contributed by atoms with Crippen LogP contribution in [0.5, 0.6) is 0 Å². The number of hydrogen-bond acceptors (Lipinski definition) is 5. The summed E-state index contributed by atoms with van der Waals surface area (Å²) in [5.41, 5.74) is 9.29. The van der Waals surface area contributed by atoms with Crippen molar-refractivity contribution in [2.75, 3.05) is 16.8 Å². The van der Waals surface area contributed by atoms with Crippen LogP contribution < -0.4 is 16.0 Å². The van der Waals surface area contributed by atoms with Crippen LogP contribution in [0, 0.1) is 0 Å². The Bertz CT molecular complexity index is 836. The van der Waals surface area contributed by atoms with Gasteiger partial charge in [-0.25, -0.2) is 4.98 Å². The molecule has 3 rings (SSSR count). The van der Waals surface area contributed by atoms with E-state index >= 15 is 0 Å². The van der Waals surface area contributed by atoms with Crippen molar-refractivity contribution < 1.29 is 4.79 Å². The van der Waals surface area contributed by atoms with Crippen molar-refractivity contribution in [1.29, 1.82) is 0 Å². The van der Waals surface area contributed by atoms with Gasteiger partial charge in [-0.15, -0.1) is 0 Å². The fourth-order valence-electron chi connectivity index (χ4n) is 2.66. The van der Waals surface area contributed by atoms with Gasteiger partial charge in [-0.1, -0.05) is 12.1 Å². The van der Waals surface area contributed by atoms with Crippen molar-refractivity contribution in [2.24, 2.45) is 5.73 Å². The molecule has 0 aliphatic rings. The van der Waals surface area contributed by atoms with E-state index in [4.69, 9.17) is 5.73 Å². The van der Waals surface area contributed by atoms with Crippen molar-refractivity contribution in [3.05, 3.63) is 78.2 Å². The van der Waals surface area contributed by atoms with Gasteiger partial charge in [0, 0.05) is 30.8 Å².